The van der Waals surface area contributed by atoms with E-state index in [2.05, 4.69) is 15.2 Å². The second-order valence-electron chi connectivity index (χ2n) is 5.69. The monoisotopic (exact) mass is 324 g/mol. The van der Waals surface area contributed by atoms with E-state index in [9.17, 15) is 9.18 Å². The molecule has 1 aromatic heterocycles. The van der Waals surface area contributed by atoms with Crippen LogP contribution in [0.4, 0.5) is 14.9 Å². The number of aromatic nitrogens is 1. The number of halogens is 1. The lowest BCUT2D eigenvalue weighted by Crippen LogP contribution is -2.49. The van der Waals surface area contributed by atoms with E-state index in [4.69, 9.17) is 0 Å². The van der Waals surface area contributed by atoms with Gasteiger partial charge in [0.1, 0.15) is 5.82 Å². The number of urea groups is 1. The van der Waals surface area contributed by atoms with E-state index in [-0.39, 0.29) is 6.03 Å². The molecule has 5 nitrogen and oxygen atoms in total. The number of pyridine rings is 1. The minimum absolute atomic E-state index is 0.167. The molecule has 1 aromatic rings. The normalized spacial score (nSPS) is 20.9. The third-order valence-electron chi connectivity index (χ3n) is 4.27. The summed E-state index contributed by atoms with van der Waals surface area (Å²) in [5.41, 5.74) is 0.403. The first kappa shape index (κ1) is 15.6. The number of carbonyl (C=O) groups is 1. The van der Waals surface area contributed by atoms with Gasteiger partial charge in [0.2, 0.25) is 0 Å². The van der Waals surface area contributed by atoms with Gasteiger partial charge in [0.15, 0.2) is 0 Å². The highest BCUT2D eigenvalue weighted by atomic mass is 32.2. The molecule has 3 heterocycles. The summed E-state index contributed by atoms with van der Waals surface area (Å²) in [5, 5.41) is 2.71. The molecule has 7 heteroatoms. The van der Waals surface area contributed by atoms with Crippen LogP contribution < -0.4 is 5.32 Å². The molecule has 3 rings (SSSR count). The lowest BCUT2D eigenvalue weighted by atomic mass is 10.0. The van der Waals surface area contributed by atoms with Gasteiger partial charge in [-0.05, 0) is 12.8 Å². The molecular weight excluding hydrogens is 303 g/mol. The maximum Gasteiger partial charge on any atom is 0.321 e. The third kappa shape index (κ3) is 3.89. The van der Waals surface area contributed by atoms with Gasteiger partial charge in [0.25, 0.3) is 0 Å². The molecule has 0 bridgehead atoms. The fraction of sp³-hybridized carbons (Fsp3) is 0.600. The molecule has 0 saturated carbocycles. The van der Waals surface area contributed by atoms with Crippen LogP contribution in [0.2, 0.25) is 0 Å². The average Bonchev–Trinajstić information content (AvgIpc) is 2.56. The van der Waals surface area contributed by atoms with Crippen molar-refractivity contribution in [2.45, 2.75) is 18.9 Å². The Balaban J connectivity index is 1.49. The second-order valence-corrected chi connectivity index (χ2v) is 6.91. The molecule has 1 N–H and O–H groups in total. The van der Waals surface area contributed by atoms with Crippen molar-refractivity contribution < 1.29 is 9.18 Å². The van der Waals surface area contributed by atoms with Crippen LogP contribution in [0.1, 0.15) is 12.8 Å². The van der Waals surface area contributed by atoms with Crippen molar-refractivity contribution in [1.29, 1.82) is 0 Å². The van der Waals surface area contributed by atoms with E-state index >= 15 is 0 Å². The number of amides is 2. The van der Waals surface area contributed by atoms with Crippen molar-refractivity contribution in [2.24, 2.45) is 0 Å². The summed E-state index contributed by atoms with van der Waals surface area (Å²) in [6, 6.07) is 1.71. The SMILES string of the molecule is O=C(Nc1cncc(F)c1)N1CCC(N2CCSCC2)CC1. The van der Waals surface area contributed by atoms with Crippen LogP contribution in [0.5, 0.6) is 0 Å². The van der Waals surface area contributed by atoms with Crippen LogP contribution in [0.3, 0.4) is 0 Å². The topological polar surface area (TPSA) is 48.5 Å². The average molecular weight is 324 g/mol. The Hall–Kier alpha value is -1.34. The Kier molecular flexibility index (Phi) is 5.15. The van der Waals surface area contributed by atoms with Gasteiger partial charge >= 0.3 is 6.03 Å². The summed E-state index contributed by atoms with van der Waals surface area (Å²) in [4.78, 5) is 20.3. The number of nitrogens with one attached hydrogen (secondary N) is 1. The molecule has 0 radical (unpaired) electrons. The van der Waals surface area contributed by atoms with Crippen LogP contribution in [0.15, 0.2) is 18.5 Å². The van der Waals surface area contributed by atoms with Crippen LogP contribution in [-0.2, 0) is 0 Å². The summed E-state index contributed by atoms with van der Waals surface area (Å²) in [7, 11) is 0. The number of carbonyl (C=O) groups excluding carboxylic acids is 1. The number of piperidine rings is 1. The van der Waals surface area contributed by atoms with Gasteiger partial charge in [-0.25, -0.2) is 9.18 Å². The first-order valence-corrected chi connectivity index (χ1v) is 8.86. The Labute approximate surface area is 134 Å². The number of hydrogen-bond acceptors (Lipinski definition) is 4. The van der Waals surface area contributed by atoms with Crippen molar-refractivity contribution in [3.05, 3.63) is 24.3 Å². The minimum atomic E-state index is -0.445. The molecule has 2 aliphatic heterocycles. The molecule has 0 atom stereocenters. The van der Waals surface area contributed by atoms with E-state index in [1.54, 1.807) is 4.90 Å². The Morgan fingerprint density at radius 1 is 1.23 bits per heavy atom. The fourth-order valence-corrected chi connectivity index (χ4v) is 3.99. The molecule has 0 aliphatic carbocycles. The van der Waals surface area contributed by atoms with Gasteiger partial charge < -0.3 is 10.2 Å². The summed E-state index contributed by atoms with van der Waals surface area (Å²) < 4.78 is 13.1. The molecule has 2 amide bonds. The number of thioether (sulfide) groups is 1. The van der Waals surface area contributed by atoms with E-state index in [0.717, 1.165) is 45.2 Å². The van der Waals surface area contributed by atoms with Crippen molar-refractivity contribution in [3.63, 3.8) is 0 Å². The first-order valence-electron chi connectivity index (χ1n) is 7.70. The molecule has 2 saturated heterocycles. The molecular formula is C15H21FN4OS. The first-order chi connectivity index (χ1) is 10.7. The van der Waals surface area contributed by atoms with Crippen LogP contribution in [0.25, 0.3) is 0 Å². The van der Waals surface area contributed by atoms with Gasteiger partial charge in [-0.3, -0.25) is 9.88 Å². The summed E-state index contributed by atoms with van der Waals surface area (Å²) >= 11 is 2.02. The molecule has 0 unspecified atom stereocenters. The highest BCUT2D eigenvalue weighted by molar-refractivity contribution is 7.99. The fourth-order valence-electron chi connectivity index (χ4n) is 3.06. The van der Waals surface area contributed by atoms with E-state index in [1.807, 2.05) is 11.8 Å². The zero-order valence-electron chi connectivity index (χ0n) is 12.5. The number of nitrogens with zero attached hydrogens (tertiary/aromatic N) is 3. The molecule has 0 spiro atoms. The van der Waals surface area contributed by atoms with Crippen molar-refractivity contribution in [3.8, 4) is 0 Å². The minimum Gasteiger partial charge on any atom is -0.324 e. The van der Waals surface area contributed by atoms with Crippen molar-refractivity contribution in [2.75, 3.05) is 43.0 Å². The predicted octanol–water partition coefficient (Wildman–Crippen LogP) is 2.27. The van der Waals surface area contributed by atoms with Crippen molar-refractivity contribution in [1.82, 2.24) is 14.8 Å². The molecule has 2 aliphatic rings. The third-order valence-corrected chi connectivity index (χ3v) is 5.21. The van der Waals surface area contributed by atoms with Crippen LogP contribution in [0, 0.1) is 5.82 Å². The van der Waals surface area contributed by atoms with Gasteiger partial charge in [0, 0.05) is 49.8 Å². The van der Waals surface area contributed by atoms with Crippen LogP contribution >= 0.6 is 11.8 Å². The zero-order valence-corrected chi connectivity index (χ0v) is 13.3. The van der Waals surface area contributed by atoms with Gasteiger partial charge in [0.05, 0.1) is 18.1 Å². The number of likely N-dealkylation sites (tertiary alicyclic amines) is 1. The standard InChI is InChI=1S/C15H21FN4OS/c16-12-9-13(11-17-10-12)18-15(21)20-3-1-14(2-4-20)19-5-7-22-8-6-19/h9-11,14H,1-8H2,(H,18,21). The second kappa shape index (κ2) is 7.28. The van der Waals surface area contributed by atoms with Gasteiger partial charge in [-0.1, -0.05) is 0 Å². The smallest absolute Gasteiger partial charge is 0.321 e. The summed E-state index contributed by atoms with van der Waals surface area (Å²) in [6.45, 7) is 3.83. The highest BCUT2D eigenvalue weighted by Crippen LogP contribution is 2.21. The lowest BCUT2D eigenvalue weighted by Gasteiger charge is -2.40. The summed E-state index contributed by atoms with van der Waals surface area (Å²) in [5.74, 6) is 1.99. The molecule has 120 valence electrons. The van der Waals surface area contributed by atoms with E-state index in [0.29, 0.717) is 11.7 Å². The predicted molar refractivity (Wildman–Crippen MR) is 86.7 cm³/mol. The molecule has 22 heavy (non-hydrogen) atoms. The Morgan fingerprint density at radius 3 is 2.64 bits per heavy atom. The van der Waals surface area contributed by atoms with E-state index < -0.39 is 5.82 Å². The van der Waals surface area contributed by atoms with E-state index in [1.165, 1.54) is 23.8 Å². The largest absolute Gasteiger partial charge is 0.324 e. The Bertz CT molecular complexity index is 516. The molecule has 2 fully saturated rings. The maximum absolute atomic E-state index is 13.1. The molecule has 0 aromatic carbocycles. The number of rotatable bonds is 2. The highest BCUT2D eigenvalue weighted by Gasteiger charge is 2.27. The quantitative estimate of drug-likeness (QED) is 0.907. The Morgan fingerprint density at radius 2 is 1.95 bits per heavy atom. The number of anilines is 1. The zero-order chi connectivity index (χ0) is 15.4. The van der Waals surface area contributed by atoms with Crippen LogP contribution in [-0.4, -0.2) is 64.5 Å². The maximum atomic E-state index is 13.1. The lowest BCUT2D eigenvalue weighted by molar-refractivity contribution is 0.130. The van der Waals surface area contributed by atoms with Gasteiger partial charge in [-0.2, -0.15) is 11.8 Å². The van der Waals surface area contributed by atoms with Gasteiger partial charge in [-0.15, -0.1) is 0 Å². The number of hydrogen-bond donors (Lipinski definition) is 1. The van der Waals surface area contributed by atoms with Crippen molar-refractivity contribution >= 4 is 23.5 Å². The summed E-state index contributed by atoms with van der Waals surface area (Å²) in [6.07, 6.45) is 4.61.